The van der Waals surface area contributed by atoms with Crippen molar-refractivity contribution in [1.82, 2.24) is 9.58 Å². The van der Waals surface area contributed by atoms with Crippen molar-refractivity contribution in [2.75, 3.05) is 11.7 Å². The summed E-state index contributed by atoms with van der Waals surface area (Å²) in [6.07, 6.45) is -2.70. The number of carbonyl (C=O) groups excluding carboxylic acids is 2. The maximum absolute atomic E-state index is 14.0. The number of alkyl halides is 3. The minimum atomic E-state index is -4.77. The first-order chi connectivity index (χ1) is 18.5. The minimum absolute atomic E-state index is 0.392. The number of rotatable bonds is 4. The van der Waals surface area contributed by atoms with Gasteiger partial charge in [0, 0.05) is 39.6 Å². The zero-order valence-electron chi connectivity index (χ0n) is 20.4. The van der Waals surface area contributed by atoms with Gasteiger partial charge in [0.05, 0.1) is 0 Å². The third-order valence-corrected chi connectivity index (χ3v) is 8.16. The number of hydrogen-bond donors (Lipinski definition) is 0. The van der Waals surface area contributed by atoms with Crippen molar-refractivity contribution in [3.63, 3.8) is 0 Å². The molecule has 0 fully saturated rings. The Labute approximate surface area is 230 Å². The van der Waals surface area contributed by atoms with Gasteiger partial charge in [-0.2, -0.15) is 13.2 Å². The van der Waals surface area contributed by atoms with E-state index in [4.69, 9.17) is 16.3 Å². The third kappa shape index (κ3) is 4.70. The number of nitrogens with zero attached hydrogens (tertiary/aromatic N) is 3. The summed E-state index contributed by atoms with van der Waals surface area (Å²) in [4.78, 5) is 39.9. The molecule has 2 aliphatic rings. The van der Waals surface area contributed by atoms with E-state index in [1.807, 2.05) is 30.3 Å². The molecule has 5 rings (SSSR count). The van der Waals surface area contributed by atoms with Gasteiger partial charge in [0.25, 0.3) is 5.91 Å². The van der Waals surface area contributed by atoms with Crippen LogP contribution in [0, 0.1) is 0 Å². The van der Waals surface area contributed by atoms with Crippen LogP contribution in [-0.2, 0) is 10.5 Å². The van der Waals surface area contributed by atoms with Crippen molar-refractivity contribution in [3.05, 3.63) is 105 Å². The number of amides is 1. The molecule has 0 saturated carbocycles. The molecule has 3 aromatic rings. The molecule has 2 aliphatic heterocycles. The normalized spacial score (nSPS) is 17.5. The number of fused-ring (bicyclic) bond motifs is 3. The van der Waals surface area contributed by atoms with Gasteiger partial charge in [-0.1, -0.05) is 48.5 Å². The Morgan fingerprint density at radius 3 is 2.64 bits per heavy atom. The van der Waals surface area contributed by atoms with E-state index in [1.165, 1.54) is 15.9 Å². The zero-order valence-corrected chi connectivity index (χ0v) is 22.0. The Morgan fingerprint density at radius 1 is 1.18 bits per heavy atom. The van der Waals surface area contributed by atoms with Crippen molar-refractivity contribution in [2.45, 2.75) is 35.8 Å². The standard InChI is InChI=1S/C27H21ClF3N3O4S/c1-3-21(36)38-25-19(35)11-12-33-24(25)26(37)32(15(2)27(29,30)31)14-34(33)23-17-8-4-5-10-20(17)39-13-16-7-6-9-18(28)22(16)23/h3-12,15,23H,1,13-14H2,2H3/t15-,23-/m1/s1. The van der Waals surface area contributed by atoms with Crippen molar-refractivity contribution in [3.8, 4) is 5.75 Å². The van der Waals surface area contributed by atoms with E-state index in [1.54, 1.807) is 23.9 Å². The highest BCUT2D eigenvalue weighted by atomic mass is 35.5. The van der Waals surface area contributed by atoms with Crippen molar-refractivity contribution in [1.29, 1.82) is 0 Å². The highest BCUT2D eigenvalue weighted by Gasteiger charge is 2.48. The molecule has 39 heavy (non-hydrogen) atoms. The van der Waals surface area contributed by atoms with Gasteiger partial charge >= 0.3 is 12.1 Å². The van der Waals surface area contributed by atoms with E-state index in [0.717, 1.165) is 35.1 Å². The van der Waals surface area contributed by atoms with Crippen LogP contribution in [0.4, 0.5) is 13.2 Å². The Balaban J connectivity index is 1.82. The second-order valence-corrected chi connectivity index (χ2v) is 10.4. The van der Waals surface area contributed by atoms with Gasteiger partial charge in [-0.05, 0) is 30.2 Å². The summed E-state index contributed by atoms with van der Waals surface area (Å²) in [5.74, 6) is -2.28. The van der Waals surface area contributed by atoms with Crippen molar-refractivity contribution < 1.29 is 27.5 Å². The smallest absolute Gasteiger partial charge is 0.408 e. The topological polar surface area (TPSA) is 71.8 Å². The van der Waals surface area contributed by atoms with Crippen LogP contribution in [0.2, 0.25) is 5.02 Å². The van der Waals surface area contributed by atoms with Crippen molar-refractivity contribution in [2.24, 2.45) is 0 Å². The summed E-state index contributed by atoms with van der Waals surface area (Å²) in [5.41, 5.74) is 0.906. The van der Waals surface area contributed by atoms with E-state index in [2.05, 4.69) is 6.58 Å². The number of aromatic nitrogens is 1. The van der Waals surface area contributed by atoms with E-state index in [9.17, 15) is 27.6 Å². The summed E-state index contributed by atoms with van der Waals surface area (Å²) < 4.78 is 48.4. The average molecular weight is 576 g/mol. The largest absolute Gasteiger partial charge is 0.417 e. The molecule has 0 N–H and O–H groups in total. The van der Waals surface area contributed by atoms with Crippen LogP contribution in [0.3, 0.4) is 0 Å². The van der Waals surface area contributed by atoms with Crippen LogP contribution in [0.15, 0.2) is 77.1 Å². The highest BCUT2D eigenvalue weighted by molar-refractivity contribution is 7.98. The molecular weight excluding hydrogens is 555 g/mol. The molecular formula is C27H21ClF3N3O4S. The lowest BCUT2D eigenvalue weighted by molar-refractivity contribution is -0.173. The van der Waals surface area contributed by atoms with Crippen LogP contribution >= 0.6 is 23.4 Å². The number of benzene rings is 2. The number of hydrogen-bond acceptors (Lipinski definition) is 6. The number of thioether (sulfide) groups is 1. The zero-order chi connectivity index (χ0) is 28.1. The Hall–Kier alpha value is -3.70. The van der Waals surface area contributed by atoms with E-state index in [0.29, 0.717) is 21.2 Å². The van der Waals surface area contributed by atoms with E-state index < -0.39 is 53.7 Å². The lowest BCUT2D eigenvalue weighted by Crippen LogP contribution is -2.60. The van der Waals surface area contributed by atoms with E-state index >= 15 is 0 Å². The lowest BCUT2D eigenvalue weighted by Gasteiger charge is -2.46. The minimum Gasteiger partial charge on any atom is -0.417 e. The number of pyridine rings is 1. The molecule has 7 nitrogen and oxygen atoms in total. The molecule has 0 bridgehead atoms. The molecule has 2 atom stereocenters. The van der Waals surface area contributed by atoms with Crippen LogP contribution in [0.5, 0.6) is 5.75 Å². The van der Waals surface area contributed by atoms with Crippen molar-refractivity contribution >= 4 is 35.2 Å². The molecule has 1 amide bonds. The Bertz CT molecular complexity index is 1560. The molecule has 0 aliphatic carbocycles. The van der Waals surface area contributed by atoms with Gasteiger partial charge in [-0.3, -0.25) is 19.3 Å². The second kappa shape index (κ2) is 10.1. The second-order valence-electron chi connectivity index (χ2n) is 8.94. The highest BCUT2D eigenvalue weighted by Crippen LogP contribution is 2.45. The molecule has 3 heterocycles. The van der Waals surface area contributed by atoms with Crippen LogP contribution < -0.4 is 15.2 Å². The van der Waals surface area contributed by atoms with E-state index in [-0.39, 0.29) is 0 Å². The fourth-order valence-corrected chi connectivity index (χ4v) is 6.12. The van der Waals surface area contributed by atoms with Crippen LogP contribution in [0.1, 0.15) is 40.1 Å². The molecule has 0 unspecified atom stereocenters. The monoisotopic (exact) mass is 575 g/mol. The van der Waals surface area contributed by atoms with Gasteiger partial charge in [0.1, 0.15) is 18.8 Å². The summed E-state index contributed by atoms with van der Waals surface area (Å²) in [5, 5.41) is 1.92. The van der Waals surface area contributed by atoms with Gasteiger partial charge < -0.3 is 9.64 Å². The number of carbonyl (C=O) groups is 2. The molecule has 2 aromatic carbocycles. The maximum atomic E-state index is 14.0. The fraction of sp³-hybridized carbons (Fsp3) is 0.222. The third-order valence-electron chi connectivity index (χ3n) is 6.69. The molecule has 0 saturated heterocycles. The summed E-state index contributed by atoms with van der Waals surface area (Å²) >= 11 is 8.28. The molecule has 202 valence electrons. The van der Waals surface area contributed by atoms with Gasteiger partial charge in [0.15, 0.2) is 5.69 Å². The first-order valence-electron chi connectivity index (χ1n) is 11.8. The fourth-order valence-electron chi connectivity index (χ4n) is 4.74. The molecule has 12 heteroatoms. The number of esters is 1. The lowest BCUT2D eigenvalue weighted by atomic mass is 9.94. The quantitative estimate of drug-likeness (QED) is 0.311. The summed E-state index contributed by atoms with van der Waals surface area (Å²) in [6, 6.07) is 10.9. The summed E-state index contributed by atoms with van der Waals surface area (Å²) in [7, 11) is 0. The number of ether oxygens (including phenoxy) is 1. The first kappa shape index (κ1) is 26.9. The molecule has 1 aromatic heterocycles. The van der Waals surface area contributed by atoms with Gasteiger partial charge in [0.2, 0.25) is 11.2 Å². The SMILES string of the molecule is C=CC(=O)Oc1c2n(ccc1=O)N([C@@H]1c3ccccc3SCc3cccc(Cl)c31)CN([C@H](C)C(F)(F)F)C2=O. The van der Waals surface area contributed by atoms with Crippen LogP contribution in [0.25, 0.3) is 0 Å². The molecule has 0 spiro atoms. The summed E-state index contributed by atoms with van der Waals surface area (Å²) in [6.45, 7) is 3.66. The average Bonchev–Trinajstić information content (AvgIpc) is 3.07. The predicted octanol–water partition coefficient (Wildman–Crippen LogP) is 5.29. The Morgan fingerprint density at radius 2 is 1.92 bits per heavy atom. The number of halogens is 4. The van der Waals surface area contributed by atoms with Crippen LogP contribution in [-0.4, -0.2) is 40.3 Å². The van der Waals surface area contributed by atoms with Gasteiger partial charge in [-0.25, -0.2) is 4.79 Å². The Kier molecular flexibility index (Phi) is 6.98. The van der Waals surface area contributed by atoms with Gasteiger partial charge in [-0.15, -0.1) is 11.8 Å². The maximum Gasteiger partial charge on any atom is 0.408 e. The molecule has 0 radical (unpaired) electrons. The predicted molar refractivity (Wildman–Crippen MR) is 141 cm³/mol. The first-order valence-corrected chi connectivity index (χ1v) is 13.1.